The van der Waals surface area contributed by atoms with E-state index in [1.807, 2.05) is 47.3 Å². The smallest absolute Gasteiger partial charge is 0.328 e. The molecule has 0 aliphatic carbocycles. The molecular weight excluding hydrogens is 404 g/mol. The number of rotatable bonds is 8. The monoisotopic (exact) mass is 424 g/mol. The van der Waals surface area contributed by atoms with Gasteiger partial charge in [0.25, 0.3) is 0 Å². The number of carbonyl (C=O) groups excluding carboxylic acids is 2. The topological polar surface area (TPSA) is 110 Å². The molecule has 3 heterocycles. The number of hydrogen-bond acceptors (Lipinski definition) is 7. The SMILES string of the molecule is COC(=O)[C@@H](Cc1c[nH]c2ccccc12)NC(=O)CCc1nc(-c2ccsc2)no1. The number of para-hydroxylation sites is 1. The van der Waals surface area contributed by atoms with E-state index >= 15 is 0 Å². The van der Waals surface area contributed by atoms with Gasteiger partial charge in [0.15, 0.2) is 0 Å². The van der Waals surface area contributed by atoms with Crippen LogP contribution in [-0.2, 0) is 27.2 Å². The Hall–Kier alpha value is -3.46. The molecule has 4 rings (SSSR count). The molecule has 154 valence electrons. The highest BCUT2D eigenvalue weighted by Crippen LogP contribution is 2.20. The van der Waals surface area contributed by atoms with Gasteiger partial charge in [0, 0.05) is 47.3 Å². The van der Waals surface area contributed by atoms with E-state index in [0.29, 0.717) is 18.1 Å². The minimum Gasteiger partial charge on any atom is -0.467 e. The van der Waals surface area contributed by atoms with Crippen molar-refractivity contribution in [2.75, 3.05) is 7.11 Å². The van der Waals surface area contributed by atoms with Crippen LogP contribution in [0.5, 0.6) is 0 Å². The number of amides is 1. The third kappa shape index (κ3) is 4.41. The zero-order chi connectivity index (χ0) is 20.9. The fourth-order valence-corrected chi connectivity index (χ4v) is 3.84. The highest BCUT2D eigenvalue weighted by atomic mass is 32.1. The number of nitrogens with zero attached hydrogens (tertiary/aromatic N) is 2. The van der Waals surface area contributed by atoms with E-state index in [0.717, 1.165) is 22.0 Å². The van der Waals surface area contributed by atoms with Crippen molar-refractivity contribution in [3.8, 4) is 11.4 Å². The van der Waals surface area contributed by atoms with Gasteiger partial charge in [-0.05, 0) is 23.1 Å². The summed E-state index contributed by atoms with van der Waals surface area (Å²) in [6, 6.07) is 8.91. The lowest BCUT2D eigenvalue weighted by Gasteiger charge is -2.16. The van der Waals surface area contributed by atoms with Crippen LogP contribution in [0.4, 0.5) is 0 Å². The van der Waals surface area contributed by atoms with Gasteiger partial charge in [-0.1, -0.05) is 23.4 Å². The number of aryl methyl sites for hydroxylation is 1. The lowest BCUT2D eigenvalue weighted by molar-refractivity contribution is -0.145. The molecule has 0 saturated heterocycles. The first kappa shape index (κ1) is 19.8. The lowest BCUT2D eigenvalue weighted by atomic mass is 10.0. The number of ether oxygens (including phenoxy) is 1. The van der Waals surface area contributed by atoms with Crippen LogP contribution >= 0.6 is 11.3 Å². The maximum atomic E-state index is 12.5. The molecule has 1 amide bonds. The van der Waals surface area contributed by atoms with Gasteiger partial charge in [0.2, 0.25) is 17.6 Å². The summed E-state index contributed by atoms with van der Waals surface area (Å²) in [6.45, 7) is 0. The van der Waals surface area contributed by atoms with E-state index in [1.165, 1.54) is 7.11 Å². The Balaban J connectivity index is 1.38. The number of nitrogens with one attached hydrogen (secondary N) is 2. The Labute approximate surface area is 176 Å². The molecule has 0 radical (unpaired) electrons. The second-order valence-electron chi connectivity index (χ2n) is 6.73. The normalized spacial score (nSPS) is 12.0. The van der Waals surface area contributed by atoms with Crippen LogP contribution < -0.4 is 5.32 Å². The van der Waals surface area contributed by atoms with Crippen LogP contribution in [0.2, 0.25) is 0 Å². The van der Waals surface area contributed by atoms with Crippen LogP contribution in [0.25, 0.3) is 22.3 Å². The van der Waals surface area contributed by atoms with Gasteiger partial charge in [-0.25, -0.2) is 4.79 Å². The average Bonchev–Trinajstić information content (AvgIpc) is 3.52. The Bertz CT molecular complexity index is 1150. The first-order valence-electron chi connectivity index (χ1n) is 9.41. The number of aromatic amines is 1. The van der Waals surface area contributed by atoms with Gasteiger partial charge in [-0.15, -0.1) is 0 Å². The van der Waals surface area contributed by atoms with Gasteiger partial charge in [0.1, 0.15) is 6.04 Å². The largest absolute Gasteiger partial charge is 0.467 e. The van der Waals surface area contributed by atoms with Crippen LogP contribution in [0.3, 0.4) is 0 Å². The molecule has 0 saturated carbocycles. The average molecular weight is 424 g/mol. The molecule has 0 aliphatic heterocycles. The Morgan fingerprint density at radius 2 is 2.17 bits per heavy atom. The molecule has 1 aromatic carbocycles. The molecule has 0 fully saturated rings. The van der Waals surface area contributed by atoms with Crippen LogP contribution in [0.1, 0.15) is 17.9 Å². The number of methoxy groups -OCH3 is 1. The lowest BCUT2D eigenvalue weighted by Crippen LogP contribution is -2.43. The minimum absolute atomic E-state index is 0.118. The molecule has 0 unspecified atom stereocenters. The molecule has 2 N–H and O–H groups in total. The molecule has 4 aromatic rings. The highest BCUT2D eigenvalue weighted by molar-refractivity contribution is 7.08. The fourth-order valence-electron chi connectivity index (χ4n) is 3.21. The summed E-state index contributed by atoms with van der Waals surface area (Å²) in [5.41, 5.74) is 2.78. The van der Waals surface area contributed by atoms with Crippen LogP contribution in [0, 0.1) is 0 Å². The Morgan fingerprint density at radius 1 is 1.30 bits per heavy atom. The molecule has 0 aliphatic rings. The van der Waals surface area contributed by atoms with Crippen molar-refractivity contribution in [3.63, 3.8) is 0 Å². The van der Waals surface area contributed by atoms with Crippen molar-refractivity contribution in [1.29, 1.82) is 0 Å². The minimum atomic E-state index is -0.786. The molecule has 9 heteroatoms. The van der Waals surface area contributed by atoms with Crippen molar-refractivity contribution in [2.45, 2.75) is 25.3 Å². The van der Waals surface area contributed by atoms with Gasteiger partial charge < -0.3 is 19.6 Å². The van der Waals surface area contributed by atoms with Gasteiger partial charge in [-0.2, -0.15) is 16.3 Å². The summed E-state index contributed by atoms with van der Waals surface area (Å²) in [5.74, 6) is 0.0859. The summed E-state index contributed by atoms with van der Waals surface area (Å²) in [7, 11) is 1.31. The zero-order valence-electron chi connectivity index (χ0n) is 16.3. The number of aromatic nitrogens is 3. The second kappa shape index (κ2) is 8.91. The highest BCUT2D eigenvalue weighted by Gasteiger charge is 2.23. The van der Waals surface area contributed by atoms with Crippen molar-refractivity contribution in [1.82, 2.24) is 20.4 Å². The van der Waals surface area contributed by atoms with E-state index in [9.17, 15) is 9.59 Å². The number of fused-ring (bicyclic) bond motifs is 1. The first-order valence-corrected chi connectivity index (χ1v) is 10.4. The molecule has 3 aromatic heterocycles. The molecule has 0 spiro atoms. The number of hydrogen-bond donors (Lipinski definition) is 2. The molecule has 30 heavy (non-hydrogen) atoms. The summed E-state index contributed by atoms with van der Waals surface area (Å²) in [4.78, 5) is 32.2. The first-order chi connectivity index (χ1) is 14.6. The number of H-pyrrole nitrogens is 1. The van der Waals surface area contributed by atoms with Crippen molar-refractivity contribution in [3.05, 3.63) is 58.7 Å². The number of esters is 1. The standard InChI is InChI=1S/C21H20N4O4S/c1-28-21(27)17(10-14-11-22-16-5-3-2-4-15(14)16)23-18(26)6-7-19-24-20(25-29-19)13-8-9-30-12-13/h2-5,8-9,11-12,17,22H,6-7,10H2,1H3,(H,23,26)/t17-/m1/s1. The van der Waals surface area contributed by atoms with Crippen LogP contribution in [-0.4, -0.2) is 40.2 Å². The number of benzene rings is 1. The molecule has 0 bridgehead atoms. The van der Waals surface area contributed by atoms with E-state index in [1.54, 1.807) is 11.3 Å². The number of carbonyl (C=O) groups is 2. The summed E-state index contributed by atoms with van der Waals surface area (Å²) in [6.07, 6.45) is 2.57. The van der Waals surface area contributed by atoms with Crippen molar-refractivity contribution >= 4 is 34.1 Å². The van der Waals surface area contributed by atoms with Gasteiger partial charge in [-0.3, -0.25) is 4.79 Å². The predicted octanol–water partition coefficient (Wildman–Crippen LogP) is 3.11. The van der Waals surface area contributed by atoms with E-state index in [4.69, 9.17) is 9.26 Å². The van der Waals surface area contributed by atoms with Crippen molar-refractivity contribution < 1.29 is 18.8 Å². The molecule has 8 nitrogen and oxygen atoms in total. The second-order valence-corrected chi connectivity index (χ2v) is 7.51. The van der Waals surface area contributed by atoms with E-state index in [2.05, 4.69) is 20.4 Å². The van der Waals surface area contributed by atoms with Gasteiger partial charge in [0.05, 0.1) is 7.11 Å². The Morgan fingerprint density at radius 3 is 2.97 bits per heavy atom. The summed E-state index contributed by atoms with van der Waals surface area (Å²) < 4.78 is 10.1. The maximum absolute atomic E-state index is 12.5. The molecular formula is C21H20N4O4S. The number of thiophene rings is 1. The zero-order valence-corrected chi connectivity index (χ0v) is 17.1. The van der Waals surface area contributed by atoms with Gasteiger partial charge >= 0.3 is 5.97 Å². The van der Waals surface area contributed by atoms with E-state index < -0.39 is 12.0 Å². The third-order valence-corrected chi connectivity index (χ3v) is 5.42. The quantitative estimate of drug-likeness (QED) is 0.421. The molecule has 1 atom stereocenters. The van der Waals surface area contributed by atoms with Crippen LogP contribution in [0.15, 0.2) is 51.8 Å². The third-order valence-electron chi connectivity index (χ3n) is 4.73. The summed E-state index contributed by atoms with van der Waals surface area (Å²) in [5, 5.41) is 11.5. The van der Waals surface area contributed by atoms with Crippen molar-refractivity contribution in [2.24, 2.45) is 0 Å². The fraction of sp³-hybridized carbons (Fsp3) is 0.238. The summed E-state index contributed by atoms with van der Waals surface area (Å²) >= 11 is 1.54. The maximum Gasteiger partial charge on any atom is 0.328 e. The predicted molar refractivity (Wildman–Crippen MR) is 112 cm³/mol. The van der Waals surface area contributed by atoms with E-state index in [-0.39, 0.29) is 18.7 Å². The Kier molecular flexibility index (Phi) is 5.89.